The molecule has 86 valence electrons. The van der Waals surface area contributed by atoms with Gasteiger partial charge in [0.15, 0.2) is 0 Å². The van der Waals surface area contributed by atoms with Crippen molar-refractivity contribution in [3.63, 3.8) is 0 Å². The first kappa shape index (κ1) is 12.1. The van der Waals surface area contributed by atoms with Gasteiger partial charge in [-0.3, -0.25) is 0 Å². The molecule has 2 heterocycles. The lowest BCUT2D eigenvalue weighted by atomic mass is 10.3. The van der Waals surface area contributed by atoms with Gasteiger partial charge in [0.25, 0.3) is 0 Å². The minimum atomic E-state index is 0.717. The number of halogens is 1. The highest BCUT2D eigenvalue weighted by atomic mass is 79.9. The molecule has 0 fully saturated rings. The van der Waals surface area contributed by atoms with Crippen LogP contribution in [0.25, 0.3) is 0 Å². The van der Waals surface area contributed by atoms with Crippen molar-refractivity contribution in [1.82, 2.24) is 4.98 Å². The molecule has 3 nitrogen and oxygen atoms in total. The Morgan fingerprint density at radius 2 is 2.35 bits per heavy atom. The summed E-state index contributed by atoms with van der Waals surface area (Å²) in [6.45, 7) is 2.72. The van der Waals surface area contributed by atoms with Gasteiger partial charge >= 0.3 is 0 Å². The molecule has 0 aliphatic carbocycles. The predicted octanol–water partition coefficient (Wildman–Crippen LogP) is 3.70. The zero-order chi connectivity index (χ0) is 12.3. The van der Waals surface area contributed by atoms with Crippen molar-refractivity contribution >= 4 is 33.0 Å². The number of anilines is 1. The Bertz CT molecular complexity index is 571. The summed E-state index contributed by atoms with van der Waals surface area (Å²) < 4.78 is 0.867. The molecule has 2 rings (SSSR count). The van der Waals surface area contributed by atoms with Gasteiger partial charge in [0.2, 0.25) is 0 Å². The highest BCUT2D eigenvalue weighted by molar-refractivity contribution is 9.10. The van der Waals surface area contributed by atoms with Gasteiger partial charge < -0.3 is 5.32 Å². The minimum absolute atomic E-state index is 0.717. The lowest BCUT2D eigenvalue weighted by Gasteiger charge is -2.05. The fraction of sp³-hybridized carbons (Fsp3) is 0.167. The fourth-order valence-corrected chi connectivity index (χ4v) is 2.34. The smallest absolute Gasteiger partial charge is 0.109 e. The molecule has 0 spiro atoms. The molecule has 1 N–H and O–H groups in total. The first-order valence-electron chi connectivity index (χ1n) is 5.02. The van der Waals surface area contributed by atoms with E-state index in [-0.39, 0.29) is 0 Å². The van der Waals surface area contributed by atoms with Crippen LogP contribution in [0, 0.1) is 18.3 Å². The summed E-state index contributed by atoms with van der Waals surface area (Å²) in [5, 5.41) is 13.9. The van der Waals surface area contributed by atoms with Crippen LogP contribution in [0.4, 0.5) is 5.69 Å². The third-order valence-corrected chi connectivity index (χ3v) is 4.03. The van der Waals surface area contributed by atoms with E-state index in [0.717, 1.165) is 32.8 Å². The predicted molar refractivity (Wildman–Crippen MR) is 73.0 cm³/mol. The lowest BCUT2D eigenvalue weighted by Crippen LogP contribution is -1.98. The van der Waals surface area contributed by atoms with Crippen molar-refractivity contribution in [3.05, 3.63) is 44.3 Å². The van der Waals surface area contributed by atoms with Gasteiger partial charge in [0.05, 0.1) is 17.4 Å². The van der Waals surface area contributed by atoms with E-state index in [9.17, 15) is 0 Å². The SMILES string of the molecule is Cc1cc(NCc2cc(C#N)cs2)cnc1Br. The monoisotopic (exact) mass is 307 g/mol. The molecule has 0 saturated heterocycles. The molecule has 0 radical (unpaired) electrons. The summed E-state index contributed by atoms with van der Waals surface area (Å²) in [6, 6.07) is 6.06. The number of hydrogen-bond acceptors (Lipinski definition) is 4. The maximum Gasteiger partial charge on any atom is 0.109 e. The summed E-state index contributed by atoms with van der Waals surface area (Å²) in [7, 11) is 0. The van der Waals surface area contributed by atoms with Crippen LogP contribution >= 0.6 is 27.3 Å². The van der Waals surface area contributed by atoms with Crippen LogP contribution in [0.1, 0.15) is 16.0 Å². The molecule has 0 aliphatic heterocycles. The van der Waals surface area contributed by atoms with E-state index in [1.54, 1.807) is 17.5 Å². The molecule has 0 bridgehead atoms. The van der Waals surface area contributed by atoms with Gasteiger partial charge in [-0.25, -0.2) is 4.98 Å². The summed E-state index contributed by atoms with van der Waals surface area (Å²) in [4.78, 5) is 5.36. The molecule has 5 heteroatoms. The van der Waals surface area contributed by atoms with Gasteiger partial charge in [0, 0.05) is 16.8 Å². The third-order valence-electron chi connectivity index (χ3n) is 2.26. The largest absolute Gasteiger partial charge is 0.379 e. The zero-order valence-corrected chi connectivity index (χ0v) is 11.6. The van der Waals surface area contributed by atoms with Crippen molar-refractivity contribution < 1.29 is 0 Å². The van der Waals surface area contributed by atoms with Crippen LogP contribution in [-0.2, 0) is 6.54 Å². The second-order valence-electron chi connectivity index (χ2n) is 3.60. The Labute approximate surface area is 112 Å². The summed E-state index contributed by atoms with van der Waals surface area (Å²) in [6.07, 6.45) is 1.79. The number of nitrogens with zero attached hydrogens (tertiary/aromatic N) is 2. The molecule has 2 aromatic heterocycles. The molecular formula is C12H10BrN3S. The topological polar surface area (TPSA) is 48.7 Å². The third kappa shape index (κ3) is 3.05. The number of aromatic nitrogens is 1. The van der Waals surface area contributed by atoms with E-state index >= 15 is 0 Å². The number of pyridine rings is 1. The van der Waals surface area contributed by atoms with Crippen molar-refractivity contribution in [1.29, 1.82) is 5.26 Å². The van der Waals surface area contributed by atoms with Crippen molar-refractivity contribution in [2.24, 2.45) is 0 Å². The highest BCUT2D eigenvalue weighted by Crippen LogP contribution is 2.19. The Kier molecular flexibility index (Phi) is 3.77. The average molecular weight is 308 g/mol. The van der Waals surface area contributed by atoms with Crippen LogP contribution in [-0.4, -0.2) is 4.98 Å². The Morgan fingerprint density at radius 3 is 3.00 bits per heavy atom. The van der Waals surface area contributed by atoms with Gasteiger partial charge in [-0.05, 0) is 40.5 Å². The number of rotatable bonds is 3. The molecular weight excluding hydrogens is 298 g/mol. The van der Waals surface area contributed by atoms with E-state index in [1.165, 1.54) is 0 Å². The molecule has 2 aromatic rings. The number of hydrogen-bond donors (Lipinski definition) is 1. The van der Waals surface area contributed by atoms with Crippen molar-refractivity contribution in [2.45, 2.75) is 13.5 Å². The fourth-order valence-electron chi connectivity index (χ4n) is 1.38. The Morgan fingerprint density at radius 1 is 1.53 bits per heavy atom. The standard InChI is InChI=1S/C12H10BrN3S/c1-8-2-10(5-16-12(8)13)15-6-11-3-9(4-14)7-17-11/h2-3,5,7,15H,6H2,1H3. The highest BCUT2D eigenvalue weighted by Gasteiger charge is 2.01. The molecule has 0 atom stereocenters. The van der Waals surface area contributed by atoms with Crippen LogP contribution < -0.4 is 5.32 Å². The number of thiophene rings is 1. The molecule has 0 amide bonds. The Hall–Kier alpha value is -1.38. The maximum absolute atomic E-state index is 8.72. The summed E-state index contributed by atoms with van der Waals surface area (Å²) >= 11 is 4.95. The van der Waals surface area contributed by atoms with Crippen molar-refractivity contribution in [2.75, 3.05) is 5.32 Å². The van der Waals surface area contributed by atoms with E-state index in [2.05, 4.69) is 32.3 Å². The lowest BCUT2D eigenvalue weighted by molar-refractivity contribution is 1.15. The second-order valence-corrected chi connectivity index (χ2v) is 5.35. The quantitative estimate of drug-likeness (QED) is 0.880. The zero-order valence-electron chi connectivity index (χ0n) is 9.20. The van der Waals surface area contributed by atoms with Gasteiger partial charge in [-0.1, -0.05) is 0 Å². The molecule has 0 unspecified atom stereocenters. The molecule has 0 saturated carbocycles. The second kappa shape index (κ2) is 5.30. The molecule has 0 aliphatic rings. The van der Waals surface area contributed by atoms with E-state index in [0.29, 0.717) is 0 Å². The number of nitriles is 1. The van der Waals surface area contributed by atoms with Crippen LogP contribution in [0.5, 0.6) is 0 Å². The van der Waals surface area contributed by atoms with Gasteiger partial charge in [-0.2, -0.15) is 5.26 Å². The molecule has 0 aromatic carbocycles. The Balaban J connectivity index is 2.02. The van der Waals surface area contributed by atoms with E-state index in [1.807, 2.05) is 24.4 Å². The van der Waals surface area contributed by atoms with Crippen LogP contribution in [0.2, 0.25) is 0 Å². The van der Waals surface area contributed by atoms with E-state index < -0.39 is 0 Å². The minimum Gasteiger partial charge on any atom is -0.379 e. The maximum atomic E-state index is 8.72. The van der Waals surface area contributed by atoms with Crippen LogP contribution in [0.3, 0.4) is 0 Å². The first-order valence-corrected chi connectivity index (χ1v) is 6.70. The van der Waals surface area contributed by atoms with Gasteiger partial charge in [-0.15, -0.1) is 11.3 Å². The van der Waals surface area contributed by atoms with Gasteiger partial charge in [0.1, 0.15) is 10.7 Å². The van der Waals surface area contributed by atoms with E-state index in [4.69, 9.17) is 5.26 Å². The summed E-state index contributed by atoms with van der Waals surface area (Å²) in [5.74, 6) is 0. The number of aryl methyl sites for hydroxylation is 1. The summed E-state index contributed by atoms with van der Waals surface area (Å²) in [5.41, 5.74) is 2.80. The molecule has 17 heavy (non-hydrogen) atoms. The normalized spacial score (nSPS) is 9.94. The average Bonchev–Trinajstić information content (AvgIpc) is 2.79. The van der Waals surface area contributed by atoms with Crippen molar-refractivity contribution in [3.8, 4) is 6.07 Å². The first-order chi connectivity index (χ1) is 8.19. The van der Waals surface area contributed by atoms with Crippen LogP contribution in [0.15, 0.2) is 28.3 Å². The number of nitrogens with one attached hydrogen (secondary N) is 1.